The molecule has 76 valence electrons. The van der Waals surface area contributed by atoms with Crippen molar-refractivity contribution in [2.75, 3.05) is 0 Å². The monoisotopic (exact) mass is 201 g/mol. The normalized spacial score (nSPS) is 17.9. The zero-order valence-electron chi connectivity index (χ0n) is 8.16. The van der Waals surface area contributed by atoms with Gasteiger partial charge in [0.05, 0.1) is 5.41 Å². The number of carboxylic acids is 1. The molecule has 0 saturated heterocycles. The standard InChI is InChI=1S/C12H11NO2/c14-11(15)12(4-5-12)9-2-1-8-3-6-13-10(8)7-9/h1-3,6-7,13H,4-5H2,(H,14,15). The van der Waals surface area contributed by atoms with Gasteiger partial charge in [0, 0.05) is 11.7 Å². The van der Waals surface area contributed by atoms with Crippen LogP contribution in [0.1, 0.15) is 18.4 Å². The van der Waals surface area contributed by atoms with Crippen molar-refractivity contribution in [3.63, 3.8) is 0 Å². The van der Waals surface area contributed by atoms with Crippen LogP contribution in [0.4, 0.5) is 0 Å². The molecule has 0 amide bonds. The first-order valence-corrected chi connectivity index (χ1v) is 5.03. The number of aromatic amines is 1. The van der Waals surface area contributed by atoms with Crippen molar-refractivity contribution in [3.05, 3.63) is 36.0 Å². The average Bonchev–Trinajstić information content (AvgIpc) is 2.91. The molecular weight excluding hydrogens is 190 g/mol. The molecule has 3 heteroatoms. The van der Waals surface area contributed by atoms with Gasteiger partial charge in [-0.15, -0.1) is 0 Å². The van der Waals surface area contributed by atoms with Crippen molar-refractivity contribution in [1.29, 1.82) is 0 Å². The molecule has 0 aliphatic heterocycles. The Bertz CT molecular complexity index is 537. The van der Waals surface area contributed by atoms with Gasteiger partial charge in [0.15, 0.2) is 0 Å². The summed E-state index contributed by atoms with van der Waals surface area (Å²) in [4.78, 5) is 14.3. The summed E-state index contributed by atoms with van der Waals surface area (Å²) in [5.41, 5.74) is 1.34. The first-order chi connectivity index (χ1) is 7.22. The molecule has 15 heavy (non-hydrogen) atoms. The number of carbonyl (C=O) groups is 1. The zero-order valence-corrected chi connectivity index (χ0v) is 8.16. The molecular formula is C12H11NO2. The SMILES string of the molecule is O=C(O)C1(c2ccc3cc[nH]c3c2)CC1. The smallest absolute Gasteiger partial charge is 0.314 e. The molecule has 3 rings (SSSR count). The van der Waals surface area contributed by atoms with Crippen LogP contribution in [0.25, 0.3) is 10.9 Å². The second kappa shape index (κ2) is 2.63. The molecule has 1 saturated carbocycles. The van der Waals surface area contributed by atoms with Crippen LogP contribution < -0.4 is 0 Å². The number of aromatic nitrogens is 1. The molecule has 1 aromatic carbocycles. The van der Waals surface area contributed by atoms with E-state index < -0.39 is 11.4 Å². The Morgan fingerprint density at radius 2 is 2.13 bits per heavy atom. The summed E-state index contributed by atoms with van der Waals surface area (Å²) < 4.78 is 0. The lowest BCUT2D eigenvalue weighted by molar-refractivity contribution is -0.140. The van der Waals surface area contributed by atoms with Crippen molar-refractivity contribution in [2.45, 2.75) is 18.3 Å². The first kappa shape index (κ1) is 8.53. The number of carboxylic acid groups (broad SMARTS) is 1. The number of hydrogen-bond acceptors (Lipinski definition) is 1. The topological polar surface area (TPSA) is 53.1 Å². The van der Waals surface area contributed by atoms with Gasteiger partial charge in [-0.05, 0) is 35.9 Å². The Balaban J connectivity index is 2.15. The summed E-state index contributed by atoms with van der Waals surface area (Å²) in [6, 6.07) is 7.84. The third-order valence-electron chi connectivity index (χ3n) is 3.27. The minimum absolute atomic E-state index is 0.598. The average molecular weight is 201 g/mol. The summed E-state index contributed by atoms with van der Waals surface area (Å²) in [6.45, 7) is 0. The molecule has 0 atom stereocenters. The molecule has 2 aromatic rings. The van der Waals surface area contributed by atoms with Gasteiger partial charge in [-0.3, -0.25) is 4.79 Å². The zero-order chi connectivity index (χ0) is 10.5. The highest BCUT2D eigenvalue weighted by Gasteiger charge is 2.51. The van der Waals surface area contributed by atoms with E-state index >= 15 is 0 Å². The van der Waals surface area contributed by atoms with Crippen molar-refractivity contribution >= 4 is 16.9 Å². The van der Waals surface area contributed by atoms with Crippen molar-refractivity contribution < 1.29 is 9.90 Å². The molecule has 0 spiro atoms. The highest BCUT2D eigenvalue weighted by Crippen LogP contribution is 2.48. The van der Waals surface area contributed by atoms with Crippen LogP contribution in [-0.2, 0) is 10.2 Å². The second-order valence-electron chi connectivity index (χ2n) is 4.17. The lowest BCUT2D eigenvalue weighted by Crippen LogP contribution is -2.19. The van der Waals surface area contributed by atoms with E-state index in [1.54, 1.807) is 0 Å². The lowest BCUT2D eigenvalue weighted by atomic mass is 9.95. The largest absolute Gasteiger partial charge is 0.481 e. The summed E-state index contributed by atoms with van der Waals surface area (Å²) in [5.74, 6) is -0.701. The van der Waals surface area contributed by atoms with Crippen molar-refractivity contribution in [2.24, 2.45) is 0 Å². The molecule has 0 radical (unpaired) electrons. The number of H-pyrrole nitrogens is 1. The summed E-state index contributed by atoms with van der Waals surface area (Å²) in [6.07, 6.45) is 3.39. The maximum atomic E-state index is 11.1. The molecule has 1 aliphatic carbocycles. The number of fused-ring (bicyclic) bond motifs is 1. The number of hydrogen-bond donors (Lipinski definition) is 2. The number of aliphatic carboxylic acids is 1. The molecule has 2 N–H and O–H groups in total. The lowest BCUT2D eigenvalue weighted by Gasteiger charge is -2.09. The molecule has 1 fully saturated rings. The summed E-state index contributed by atoms with van der Waals surface area (Å²) in [7, 11) is 0. The Kier molecular flexibility index (Phi) is 1.49. The van der Waals surface area contributed by atoms with Crippen LogP contribution in [0.5, 0.6) is 0 Å². The van der Waals surface area contributed by atoms with Crippen LogP contribution in [0.3, 0.4) is 0 Å². The van der Waals surface area contributed by atoms with Gasteiger partial charge in [-0.2, -0.15) is 0 Å². The van der Waals surface area contributed by atoms with Crippen LogP contribution in [0.2, 0.25) is 0 Å². The van der Waals surface area contributed by atoms with Gasteiger partial charge in [-0.25, -0.2) is 0 Å². The Hall–Kier alpha value is -1.77. The summed E-state index contributed by atoms with van der Waals surface area (Å²) >= 11 is 0. The van der Waals surface area contributed by atoms with Crippen molar-refractivity contribution in [3.8, 4) is 0 Å². The molecule has 1 aromatic heterocycles. The maximum absolute atomic E-state index is 11.1. The summed E-state index contributed by atoms with van der Waals surface area (Å²) in [5, 5.41) is 10.3. The van der Waals surface area contributed by atoms with Gasteiger partial charge in [0.25, 0.3) is 0 Å². The fraction of sp³-hybridized carbons (Fsp3) is 0.250. The molecule has 0 unspecified atom stereocenters. The van der Waals surface area contributed by atoms with E-state index in [0.29, 0.717) is 0 Å². The molecule has 1 aliphatic rings. The number of benzene rings is 1. The van der Waals surface area contributed by atoms with Crippen LogP contribution in [-0.4, -0.2) is 16.1 Å². The maximum Gasteiger partial charge on any atom is 0.314 e. The molecule has 3 nitrogen and oxygen atoms in total. The minimum atomic E-state index is -0.701. The van der Waals surface area contributed by atoms with E-state index in [2.05, 4.69) is 4.98 Å². The van der Waals surface area contributed by atoms with Gasteiger partial charge >= 0.3 is 5.97 Å². The van der Waals surface area contributed by atoms with E-state index in [0.717, 1.165) is 29.3 Å². The van der Waals surface area contributed by atoms with Crippen LogP contribution in [0.15, 0.2) is 30.5 Å². The quantitative estimate of drug-likeness (QED) is 0.783. The minimum Gasteiger partial charge on any atom is -0.481 e. The highest BCUT2D eigenvalue weighted by atomic mass is 16.4. The fourth-order valence-corrected chi connectivity index (χ4v) is 2.10. The highest BCUT2D eigenvalue weighted by molar-refractivity contribution is 5.88. The Morgan fingerprint density at radius 3 is 2.80 bits per heavy atom. The third kappa shape index (κ3) is 1.09. The Morgan fingerprint density at radius 1 is 1.33 bits per heavy atom. The van der Waals surface area contributed by atoms with E-state index in [1.165, 1.54) is 0 Å². The third-order valence-corrected chi connectivity index (χ3v) is 3.27. The predicted molar refractivity (Wildman–Crippen MR) is 56.8 cm³/mol. The van der Waals surface area contributed by atoms with E-state index in [9.17, 15) is 4.79 Å². The van der Waals surface area contributed by atoms with Crippen molar-refractivity contribution in [1.82, 2.24) is 4.98 Å². The van der Waals surface area contributed by atoms with Gasteiger partial charge in [0.2, 0.25) is 0 Å². The van der Waals surface area contributed by atoms with Crippen LogP contribution >= 0.6 is 0 Å². The van der Waals surface area contributed by atoms with Crippen LogP contribution in [0, 0.1) is 0 Å². The van der Waals surface area contributed by atoms with Gasteiger partial charge in [0.1, 0.15) is 0 Å². The van der Waals surface area contributed by atoms with Gasteiger partial charge in [-0.1, -0.05) is 12.1 Å². The van der Waals surface area contributed by atoms with E-state index in [-0.39, 0.29) is 0 Å². The number of nitrogens with one attached hydrogen (secondary N) is 1. The predicted octanol–water partition coefficient (Wildman–Crippen LogP) is 2.28. The fourth-order valence-electron chi connectivity index (χ4n) is 2.10. The van der Waals surface area contributed by atoms with E-state index in [1.807, 2.05) is 30.5 Å². The molecule has 0 bridgehead atoms. The Labute approximate surface area is 86.7 Å². The number of rotatable bonds is 2. The first-order valence-electron chi connectivity index (χ1n) is 5.03. The second-order valence-corrected chi connectivity index (χ2v) is 4.17. The molecule has 1 heterocycles. The van der Waals surface area contributed by atoms with E-state index in [4.69, 9.17) is 5.11 Å². The van der Waals surface area contributed by atoms with Gasteiger partial charge < -0.3 is 10.1 Å².